The number of halogens is 1. The minimum atomic E-state index is -0.730. The number of carbonyl (C=O) groups excluding carboxylic acids is 1. The van der Waals surface area contributed by atoms with E-state index in [1.54, 1.807) is 22.5 Å². The molecule has 11 heteroatoms. The van der Waals surface area contributed by atoms with Gasteiger partial charge in [0.2, 0.25) is 5.78 Å². The van der Waals surface area contributed by atoms with Crippen molar-refractivity contribution < 1.29 is 19.4 Å². The quantitative estimate of drug-likeness (QED) is 0.208. The molecule has 9 nitrogen and oxygen atoms in total. The number of anilines is 1. The SMILES string of the molecule is CC1(C)OC2C(CO)CC(Nc3ncncc3C(=O)c3ccn(Cc4cccc(SCCBr)c4)n3)C2O1. The van der Waals surface area contributed by atoms with Crippen LogP contribution in [0.4, 0.5) is 5.82 Å². The van der Waals surface area contributed by atoms with Crippen LogP contribution in [0.15, 0.2) is 53.9 Å². The van der Waals surface area contributed by atoms with E-state index in [-0.39, 0.29) is 36.6 Å². The molecule has 1 saturated heterocycles. The number of benzene rings is 1. The molecule has 4 atom stereocenters. The molecule has 2 fully saturated rings. The van der Waals surface area contributed by atoms with Crippen LogP contribution in [-0.4, -0.2) is 72.4 Å². The molecule has 1 aromatic carbocycles. The number of carbonyl (C=O) groups is 1. The first kappa shape index (κ1) is 26.3. The number of hydrogen-bond acceptors (Lipinski definition) is 9. The first-order valence-corrected chi connectivity index (χ1v) is 14.4. The van der Waals surface area contributed by atoms with Gasteiger partial charge >= 0.3 is 0 Å². The number of aromatic nitrogens is 4. The largest absolute Gasteiger partial charge is 0.396 e. The van der Waals surface area contributed by atoms with Gasteiger partial charge in [-0.25, -0.2) is 9.97 Å². The number of rotatable bonds is 10. The number of hydrogen-bond donors (Lipinski definition) is 2. The molecule has 5 rings (SSSR count). The first-order chi connectivity index (χ1) is 17.9. The average molecular weight is 589 g/mol. The maximum atomic E-state index is 13.4. The van der Waals surface area contributed by atoms with E-state index in [2.05, 4.69) is 54.5 Å². The van der Waals surface area contributed by atoms with Crippen molar-refractivity contribution in [1.29, 1.82) is 0 Å². The molecule has 1 saturated carbocycles. The number of fused-ring (bicyclic) bond motifs is 1. The molecular formula is C26H30BrN5O4S. The van der Waals surface area contributed by atoms with E-state index in [0.717, 1.165) is 16.6 Å². The maximum Gasteiger partial charge on any atom is 0.218 e. The van der Waals surface area contributed by atoms with Gasteiger partial charge in [0, 0.05) is 40.9 Å². The van der Waals surface area contributed by atoms with Crippen molar-refractivity contribution in [1.82, 2.24) is 19.7 Å². The van der Waals surface area contributed by atoms with Gasteiger partial charge in [-0.1, -0.05) is 28.1 Å². The fourth-order valence-corrected chi connectivity index (χ4v) is 6.19. The fraction of sp³-hybridized carbons (Fsp3) is 0.462. The summed E-state index contributed by atoms with van der Waals surface area (Å²) in [6, 6.07) is 9.88. The van der Waals surface area contributed by atoms with Crippen molar-refractivity contribution in [2.24, 2.45) is 5.92 Å². The van der Waals surface area contributed by atoms with Crippen LogP contribution in [0.5, 0.6) is 0 Å². The smallest absolute Gasteiger partial charge is 0.218 e. The van der Waals surface area contributed by atoms with Crippen LogP contribution >= 0.6 is 27.7 Å². The first-order valence-electron chi connectivity index (χ1n) is 12.3. The van der Waals surface area contributed by atoms with Crippen molar-refractivity contribution in [3.8, 4) is 0 Å². The fourth-order valence-electron chi connectivity index (χ4n) is 4.98. The Morgan fingerprint density at radius 3 is 2.95 bits per heavy atom. The molecule has 2 aliphatic rings. The third-order valence-electron chi connectivity index (χ3n) is 6.56. The monoisotopic (exact) mass is 587 g/mol. The predicted molar refractivity (Wildman–Crippen MR) is 144 cm³/mol. The van der Waals surface area contributed by atoms with Crippen LogP contribution in [0.3, 0.4) is 0 Å². The Morgan fingerprint density at radius 2 is 2.14 bits per heavy atom. The van der Waals surface area contributed by atoms with Crippen LogP contribution in [0.2, 0.25) is 0 Å². The van der Waals surface area contributed by atoms with E-state index in [1.807, 2.05) is 26.1 Å². The molecule has 2 N–H and O–H groups in total. The van der Waals surface area contributed by atoms with Crippen molar-refractivity contribution in [3.05, 3.63) is 65.9 Å². The molecule has 2 aromatic heterocycles. The summed E-state index contributed by atoms with van der Waals surface area (Å²) in [6.07, 6.45) is 4.89. The third-order valence-corrected chi connectivity index (χ3v) is 8.47. The zero-order chi connectivity index (χ0) is 26.0. The van der Waals surface area contributed by atoms with Gasteiger partial charge in [0.15, 0.2) is 5.79 Å². The van der Waals surface area contributed by atoms with E-state index >= 15 is 0 Å². The Hall–Kier alpha value is -2.31. The lowest BCUT2D eigenvalue weighted by molar-refractivity contribution is -0.158. The standard InChI is InChI=1S/C26H30BrN5O4S/c1-26(2)35-23-17(14-33)11-21(24(23)36-26)30-25-19(12-28-15-29-25)22(34)20-6-8-32(31-20)13-16-4-3-5-18(10-16)37-9-7-27/h3-6,8,10,12,15,17,21,23-24,33H,7,9,11,13-14H2,1-2H3,(H,28,29,30). The number of ketones is 1. The van der Waals surface area contributed by atoms with E-state index < -0.39 is 5.79 Å². The van der Waals surface area contributed by atoms with Gasteiger partial charge in [-0.05, 0) is 44.0 Å². The van der Waals surface area contributed by atoms with Crippen molar-refractivity contribution in [2.45, 2.75) is 55.7 Å². The number of aliphatic hydroxyl groups excluding tert-OH is 1. The summed E-state index contributed by atoms with van der Waals surface area (Å²) in [5.74, 6) is 0.366. The number of aliphatic hydroxyl groups is 1. The van der Waals surface area contributed by atoms with Gasteiger partial charge in [0.05, 0.1) is 24.3 Å². The lowest BCUT2D eigenvalue weighted by Gasteiger charge is -2.24. The summed E-state index contributed by atoms with van der Waals surface area (Å²) in [5, 5.41) is 18.7. The lowest BCUT2D eigenvalue weighted by Crippen LogP contribution is -2.35. The highest BCUT2D eigenvalue weighted by Gasteiger charge is 2.54. The second kappa shape index (κ2) is 11.2. The maximum absolute atomic E-state index is 13.4. The van der Waals surface area contributed by atoms with Gasteiger partial charge in [0.1, 0.15) is 23.9 Å². The van der Waals surface area contributed by atoms with Crippen LogP contribution in [-0.2, 0) is 16.0 Å². The van der Waals surface area contributed by atoms with E-state index in [1.165, 1.54) is 17.4 Å². The molecular weight excluding hydrogens is 558 g/mol. The van der Waals surface area contributed by atoms with Gasteiger partial charge in [-0.2, -0.15) is 5.10 Å². The molecule has 196 valence electrons. The van der Waals surface area contributed by atoms with Crippen LogP contribution in [0.25, 0.3) is 0 Å². The minimum absolute atomic E-state index is 0.00386. The molecule has 3 aromatic rings. The van der Waals surface area contributed by atoms with E-state index in [4.69, 9.17) is 9.47 Å². The molecule has 1 aliphatic heterocycles. The minimum Gasteiger partial charge on any atom is -0.396 e. The normalized spacial score (nSPS) is 24.2. The second-order valence-corrected chi connectivity index (χ2v) is 11.7. The Labute approximate surface area is 228 Å². The molecule has 0 spiro atoms. The second-order valence-electron chi connectivity index (χ2n) is 9.69. The summed E-state index contributed by atoms with van der Waals surface area (Å²) < 4.78 is 13.9. The van der Waals surface area contributed by atoms with Crippen molar-refractivity contribution in [3.63, 3.8) is 0 Å². The Balaban J connectivity index is 1.31. The van der Waals surface area contributed by atoms with Gasteiger partial charge in [-0.3, -0.25) is 9.48 Å². The van der Waals surface area contributed by atoms with Crippen LogP contribution < -0.4 is 5.32 Å². The van der Waals surface area contributed by atoms with E-state index in [9.17, 15) is 9.90 Å². The lowest BCUT2D eigenvalue weighted by atomic mass is 10.1. The zero-order valence-corrected chi connectivity index (χ0v) is 23.1. The molecule has 0 bridgehead atoms. The van der Waals surface area contributed by atoms with Crippen molar-refractivity contribution in [2.75, 3.05) is 23.0 Å². The Kier molecular flexibility index (Phi) is 7.96. The summed E-state index contributed by atoms with van der Waals surface area (Å²) >= 11 is 5.26. The third kappa shape index (κ3) is 5.91. The highest BCUT2D eigenvalue weighted by atomic mass is 79.9. The summed E-state index contributed by atoms with van der Waals surface area (Å²) in [5.41, 5.74) is 1.77. The number of ether oxygens (including phenoxy) is 2. The number of nitrogens with zero attached hydrogens (tertiary/aromatic N) is 4. The Morgan fingerprint density at radius 1 is 1.30 bits per heavy atom. The van der Waals surface area contributed by atoms with Gasteiger partial charge < -0.3 is 19.9 Å². The molecule has 4 unspecified atom stereocenters. The van der Waals surface area contributed by atoms with E-state index in [0.29, 0.717) is 30.0 Å². The molecule has 0 amide bonds. The molecule has 3 heterocycles. The molecule has 37 heavy (non-hydrogen) atoms. The summed E-state index contributed by atoms with van der Waals surface area (Å²) in [7, 11) is 0. The summed E-state index contributed by atoms with van der Waals surface area (Å²) in [6.45, 7) is 4.30. The topological polar surface area (TPSA) is 111 Å². The summed E-state index contributed by atoms with van der Waals surface area (Å²) in [4.78, 5) is 23.1. The number of alkyl halides is 1. The van der Waals surface area contributed by atoms with Crippen LogP contribution in [0.1, 0.15) is 41.9 Å². The average Bonchev–Trinajstić information content (AvgIpc) is 3.56. The van der Waals surface area contributed by atoms with Crippen LogP contribution in [0, 0.1) is 5.92 Å². The Bertz CT molecular complexity index is 1250. The van der Waals surface area contributed by atoms with Crippen molar-refractivity contribution >= 4 is 39.3 Å². The van der Waals surface area contributed by atoms with Gasteiger partial charge in [0.25, 0.3) is 0 Å². The zero-order valence-electron chi connectivity index (χ0n) is 20.7. The molecule has 0 radical (unpaired) electrons. The highest BCUT2D eigenvalue weighted by molar-refractivity contribution is 9.09. The molecule has 1 aliphatic carbocycles. The number of nitrogens with one attached hydrogen (secondary N) is 1. The highest BCUT2D eigenvalue weighted by Crippen LogP contribution is 2.42. The van der Waals surface area contributed by atoms with Gasteiger partial charge in [-0.15, -0.1) is 11.8 Å². The predicted octanol–water partition coefficient (Wildman–Crippen LogP) is 3.75. The number of thioether (sulfide) groups is 1.